The first-order valence-corrected chi connectivity index (χ1v) is 27.0. The fraction of sp³-hybridized carbons (Fsp3) is 0.774. The second-order valence-electron chi connectivity index (χ2n) is 18.2. The molecule has 0 radical (unpaired) electrons. The Kier molecular flexibility index (Phi) is 43.3. The molecule has 0 fully saturated rings. The van der Waals surface area contributed by atoms with Gasteiger partial charge in [-0.15, -0.1) is 0 Å². The number of esters is 2. The summed E-state index contributed by atoms with van der Waals surface area (Å²) in [5, 5.41) is 0. The smallest absolute Gasteiger partial charge is 0.462 e. The zero-order chi connectivity index (χ0) is 46.4. The first-order chi connectivity index (χ1) is 30.5. The summed E-state index contributed by atoms with van der Waals surface area (Å²) in [7, 11) is 1.48. The van der Waals surface area contributed by atoms with Crippen molar-refractivity contribution in [2.24, 2.45) is 0 Å². The van der Waals surface area contributed by atoms with Crippen LogP contribution in [-0.2, 0) is 32.7 Å². The normalized spacial score (nSPS) is 13.9. The Hall–Kier alpha value is -2.29. The number of unbranched alkanes of at least 4 members (excludes halogenated alkanes) is 22. The Morgan fingerprint density at radius 3 is 1.35 bits per heavy atom. The minimum atomic E-state index is -4.37. The highest BCUT2D eigenvalue weighted by molar-refractivity contribution is 7.47. The van der Waals surface area contributed by atoms with Crippen molar-refractivity contribution in [2.75, 3.05) is 47.5 Å². The highest BCUT2D eigenvalue weighted by Gasteiger charge is 2.27. The fourth-order valence-corrected chi connectivity index (χ4v) is 7.61. The standard InChI is InChI=1S/C53H96NO8P/c1-6-8-10-12-14-15-16-17-18-19-20-21-22-23-24-25-26-27-28-29-30-31-32-33-34-35-36-37-38-39-40-42-44-46-53(56)62-51(49-59-52(55)45-43-41-13-11-9-7-2)50-61-63(57,58)60-48-47-54(3,4)5/h8,10,14-15,17-18,20-21,23-24,51H,6-7,9,11-13,16,19,22,25-50H2,1-5H3/p+1/b10-8-,15-14-,18-17-,21-20-,24-23-. The van der Waals surface area contributed by atoms with E-state index in [-0.39, 0.29) is 32.0 Å². The van der Waals surface area contributed by atoms with Crippen molar-refractivity contribution < 1.29 is 42.1 Å². The van der Waals surface area contributed by atoms with E-state index in [1.165, 1.54) is 109 Å². The van der Waals surface area contributed by atoms with Gasteiger partial charge in [-0.3, -0.25) is 18.6 Å². The number of hydrogen-bond donors (Lipinski definition) is 1. The molecule has 0 aromatic heterocycles. The molecule has 63 heavy (non-hydrogen) atoms. The van der Waals surface area contributed by atoms with Gasteiger partial charge in [-0.1, -0.05) is 203 Å². The molecule has 366 valence electrons. The van der Waals surface area contributed by atoms with Crippen LogP contribution in [0.4, 0.5) is 0 Å². The number of phosphoric ester groups is 1. The number of ether oxygens (including phenoxy) is 2. The van der Waals surface area contributed by atoms with Gasteiger partial charge in [0.05, 0.1) is 27.7 Å². The van der Waals surface area contributed by atoms with E-state index in [1.54, 1.807) is 0 Å². The molecule has 0 heterocycles. The largest absolute Gasteiger partial charge is 0.472 e. The number of phosphoric acid groups is 1. The van der Waals surface area contributed by atoms with E-state index in [9.17, 15) is 19.0 Å². The van der Waals surface area contributed by atoms with Crippen LogP contribution in [0.3, 0.4) is 0 Å². The molecule has 0 aliphatic rings. The summed E-state index contributed by atoms with van der Waals surface area (Å²) < 4.78 is 34.2. The second kappa shape index (κ2) is 44.9. The number of likely N-dealkylation sites (N-methyl/N-ethyl adjacent to an activating group) is 1. The molecule has 0 aromatic carbocycles. The van der Waals surface area contributed by atoms with Gasteiger partial charge < -0.3 is 18.9 Å². The summed E-state index contributed by atoms with van der Waals surface area (Å²) in [4.78, 5) is 35.2. The molecular weight excluding hydrogens is 810 g/mol. The highest BCUT2D eigenvalue weighted by atomic mass is 31.2. The van der Waals surface area contributed by atoms with Crippen LogP contribution in [0.15, 0.2) is 60.8 Å². The highest BCUT2D eigenvalue weighted by Crippen LogP contribution is 2.43. The van der Waals surface area contributed by atoms with Gasteiger partial charge in [0.15, 0.2) is 6.10 Å². The van der Waals surface area contributed by atoms with Crippen LogP contribution in [0.25, 0.3) is 0 Å². The third-order valence-electron chi connectivity index (χ3n) is 10.8. The van der Waals surface area contributed by atoms with Gasteiger partial charge in [0.2, 0.25) is 0 Å². The van der Waals surface area contributed by atoms with E-state index < -0.39 is 26.5 Å². The van der Waals surface area contributed by atoms with Crippen molar-refractivity contribution >= 4 is 19.8 Å². The van der Waals surface area contributed by atoms with Crippen molar-refractivity contribution in [1.82, 2.24) is 0 Å². The maximum absolute atomic E-state index is 12.7. The third kappa shape index (κ3) is 49.0. The fourth-order valence-electron chi connectivity index (χ4n) is 6.87. The van der Waals surface area contributed by atoms with E-state index in [4.69, 9.17) is 18.5 Å². The maximum atomic E-state index is 12.7. The number of hydrogen-bond acceptors (Lipinski definition) is 7. The van der Waals surface area contributed by atoms with Crippen molar-refractivity contribution in [2.45, 2.75) is 219 Å². The number of carbonyl (C=O) groups excluding carboxylic acids is 2. The van der Waals surface area contributed by atoms with Crippen LogP contribution in [0.5, 0.6) is 0 Å². The van der Waals surface area contributed by atoms with Crippen LogP contribution >= 0.6 is 7.82 Å². The average molecular weight is 907 g/mol. The average Bonchev–Trinajstić information content (AvgIpc) is 3.24. The van der Waals surface area contributed by atoms with Crippen LogP contribution in [0.2, 0.25) is 0 Å². The first kappa shape index (κ1) is 60.7. The van der Waals surface area contributed by atoms with Gasteiger partial charge in [-0.05, 0) is 57.8 Å². The summed E-state index contributed by atoms with van der Waals surface area (Å²) >= 11 is 0. The van der Waals surface area contributed by atoms with E-state index in [2.05, 4.69) is 74.6 Å². The van der Waals surface area contributed by atoms with Crippen LogP contribution < -0.4 is 0 Å². The summed E-state index contributed by atoms with van der Waals surface area (Å²) in [6, 6.07) is 0. The number of allylic oxidation sites excluding steroid dienone is 10. The minimum Gasteiger partial charge on any atom is -0.462 e. The van der Waals surface area contributed by atoms with E-state index in [1.807, 2.05) is 21.1 Å². The number of carbonyl (C=O) groups is 2. The Morgan fingerprint density at radius 1 is 0.508 bits per heavy atom. The predicted octanol–water partition coefficient (Wildman–Crippen LogP) is 15.2. The first-order valence-electron chi connectivity index (χ1n) is 25.5. The summed E-state index contributed by atoms with van der Waals surface area (Å²) in [5.74, 6) is -0.804. The molecule has 0 aliphatic heterocycles. The quantitative estimate of drug-likeness (QED) is 0.0212. The molecule has 10 heteroatoms. The molecule has 1 N–H and O–H groups in total. The Labute approximate surface area is 387 Å². The number of quaternary nitrogens is 1. The van der Waals surface area contributed by atoms with Gasteiger partial charge in [-0.25, -0.2) is 4.57 Å². The zero-order valence-corrected chi connectivity index (χ0v) is 42.2. The molecule has 0 saturated heterocycles. The molecule has 0 aromatic rings. The SMILES string of the molecule is CC/C=C\C/C=C\C/C=C\C/C=C\C/C=C\CCCCCCCCCCCCCCCCCCCC(=O)OC(COC(=O)CCCCCCCC)COP(=O)(O)OCC[N+](C)(C)C. The van der Waals surface area contributed by atoms with Crippen LogP contribution in [-0.4, -0.2) is 74.9 Å². The molecule has 2 atom stereocenters. The molecule has 9 nitrogen and oxygen atoms in total. The topological polar surface area (TPSA) is 108 Å². The monoisotopic (exact) mass is 907 g/mol. The lowest BCUT2D eigenvalue weighted by atomic mass is 10.0. The summed E-state index contributed by atoms with van der Waals surface area (Å²) in [6.45, 7) is 4.25. The summed E-state index contributed by atoms with van der Waals surface area (Å²) in [5.41, 5.74) is 0. The number of nitrogens with zero attached hydrogens (tertiary/aromatic N) is 1. The molecule has 0 spiro atoms. The van der Waals surface area contributed by atoms with Gasteiger partial charge in [-0.2, -0.15) is 0 Å². The maximum Gasteiger partial charge on any atom is 0.472 e. The molecule has 0 amide bonds. The Morgan fingerprint density at radius 2 is 0.905 bits per heavy atom. The zero-order valence-electron chi connectivity index (χ0n) is 41.3. The molecule has 0 rings (SSSR count). The Bertz CT molecular complexity index is 1250. The Balaban J connectivity index is 3.91. The van der Waals surface area contributed by atoms with Crippen molar-refractivity contribution in [3.8, 4) is 0 Å². The molecular formula is C53H97NO8P+. The predicted molar refractivity (Wildman–Crippen MR) is 266 cm³/mol. The molecule has 0 saturated carbocycles. The lowest BCUT2D eigenvalue weighted by Crippen LogP contribution is -2.37. The lowest BCUT2D eigenvalue weighted by molar-refractivity contribution is -0.870. The van der Waals surface area contributed by atoms with Crippen molar-refractivity contribution in [3.05, 3.63) is 60.8 Å². The van der Waals surface area contributed by atoms with Crippen LogP contribution in [0.1, 0.15) is 213 Å². The van der Waals surface area contributed by atoms with E-state index in [0.29, 0.717) is 17.4 Å². The van der Waals surface area contributed by atoms with E-state index in [0.717, 1.165) is 70.6 Å². The van der Waals surface area contributed by atoms with Crippen LogP contribution in [0, 0.1) is 0 Å². The molecule has 0 aliphatic carbocycles. The molecule has 2 unspecified atom stereocenters. The molecule has 0 bridgehead atoms. The van der Waals surface area contributed by atoms with Gasteiger partial charge in [0.1, 0.15) is 19.8 Å². The van der Waals surface area contributed by atoms with Gasteiger partial charge in [0, 0.05) is 12.8 Å². The second-order valence-corrected chi connectivity index (χ2v) is 19.6. The van der Waals surface area contributed by atoms with Gasteiger partial charge in [0.25, 0.3) is 0 Å². The van der Waals surface area contributed by atoms with E-state index >= 15 is 0 Å². The van der Waals surface area contributed by atoms with Gasteiger partial charge >= 0.3 is 19.8 Å². The minimum absolute atomic E-state index is 0.0320. The van der Waals surface area contributed by atoms with Crippen molar-refractivity contribution in [1.29, 1.82) is 0 Å². The summed E-state index contributed by atoms with van der Waals surface area (Å²) in [6.07, 6.45) is 56.2. The number of rotatable bonds is 46. The lowest BCUT2D eigenvalue weighted by Gasteiger charge is -2.24. The third-order valence-corrected chi connectivity index (χ3v) is 11.8. The van der Waals surface area contributed by atoms with Crippen molar-refractivity contribution in [3.63, 3.8) is 0 Å².